The number of aromatic amines is 1. The predicted molar refractivity (Wildman–Crippen MR) is 54.6 cm³/mol. The Kier molecular flexibility index (Phi) is 2.19. The van der Waals surface area contributed by atoms with E-state index in [1.165, 1.54) is 36.7 Å². The van der Waals surface area contributed by atoms with E-state index in [0.717, 1.165) is 0 Å². The zero-order valence-corrected chi connectivity index (χ0v) is 7.87. The normalized spacial score (nSPS) is 11.6. The molecule has 0 bridgehead atoms. The van der Waals surface area contributed by atoms with Gasteiger partial charge in [0.15, 0.2) is 0 Å². The molecule has 0 amide bonds. The van der Waals surface area contributed by atoms with Crippen molar-refractivity contribution in [3.63, 3.8) is 0 Å². The molecule has 3 N–H and O–H groups in total. The Morgan fingerprint density at radius 1 is 1.13 bits per heavy atom. The van der Waals surface area contributed by atoms with Crippen LogP contribution in [0.4, 0.5) is 14.5 Å². The molecule has 1 aromatic heterocycles. The summed E-state index contributed by atoms with van der Waals surface area (Å²) < 4.78 is 27.7. The highest BCUT2D eigenvalue weighted by Crippen LogP contribution is 2.35. The second-order valence-electron chi connectivity index (χ2n) is 3.30. The van der Waals surface area contributed by atoms with Crippen molar-refractivity contribution in [2.45, 2.75) is 5.92 Å². The Bertz CT molecular complexity index is 449. The molecule has 0 unspecified atom stereocenters. The number of nitrogen functional groups attached to an aromatic ring is 1. The van der Waals surface area contributed by atoms with Gasteiger partial charge in [0.2, 0.25) is 0 Å². The van der Waals surface area contributed by atoms with Crippen molar-refractivity contribution < 1.29 is 8.78 Å². The first-order chi connectivity index (χ1) is 7.10. The van der Waals surface area contributed by atoms with Gasteiger partial charge in [0.1, 0.15) is 0 Å². The van der Waals surface area contributed by atoms with Crippen LogP contribution in [0.25, 0.3) is 0 Å². The van der Waals surface area contributed by atoms with E-state index >= 15 is 0 Å². The fourth-order valence-corrected chi connectivity index (χ4v) is 1.42. The molecule has 0 saturated carbocycles. The lowest BCUT2D eigenvalue weighted by Crippen LogP contribution is -2.14. The third-order valence-electron chi connectivity index (χ3n) is 2.21. The van der Waals surface area contributed by atoms with Gasteiger partial charge in [0, 0.05) is 29.2 Å². The van der Waals surface area contributed by atoms with Gasteiger partial charge in [-0.15, -0.1) is 0 Å². The fourth-order valence-electron chi connectivity index (χ4n) is 1.42. The van der Waals surface area contributed by atoms with Crippen molar-refractivity contribution in [2.75, 3.05) is 5.73 Å². The number of alkyl halides is 2. The van der Waals surface area contributed by atoms with Gasteiger partial charge in [-0.3, -0.25) is 0 Å². The van der Waals surface area contributed by atoms with E-state index in [9.17, 15) is 8.78 Å². The van der Waals surface area contributed by atoms with Crippen LogP contribution < -0.4 is 5.73 Å². The molecule has 78 valence electrons. The summed E-state index contributed by atoms with van der Waals surface area (Å²) in [4.78, 5) is 2.61. The van der Waals surface area contributed by atoms with Gasteiger partial charge in [0.05, 0.1) is 0 Å². The molecule has 2 rings (SSSR count). The average Bonchev–Trinajstić information content (AvgIpc) is 2.71. The number of benzene rings is 1. The molecule has 0 aliphatic rings. The molecule has 0 spiro atoms. The molecule has 1 heterocycles. The SMILES string of the molecule is Nc1cccc(C(F)(F)c2cc[nH]c2)c1. The zero-order valence-electron chi connectivity index (χ0n) is 7.87. The topological polar surface area (TPSA) is 41.8 Å². The Balaban J connectivity index is 2.46. The molecule has 0 saturated heterocycles. The van der Waals surface area contributed by atoms with E-state index in [0.29, 0.717) is 5.69 Å². The minimum absolute atomic E-state index is 0.0619. The molecule has 2 aromatic rings. The van der Waals surface area contributed by atoms with Crippen LogP contribution in [0.2, 0.25) is 0 Å². The molecular weight excluding hydrogens is 198 g/mol. The highest BCUT2D eigenvalue weighted by molar-refractivity contribution is 5.44. The van der Waals surface area contributed by atoms with Crippen molar-refractivity contribution >= 4 is 5.69 Å². The third kappa shape index (κ3) is 1.70. The highest BCUT2D eigenvalue weighted by atomic mass is 19.3. The molecular formula is C11H10F2N2. The standard InChI is InChI=1S/C11H10F2N2/c12-11(13,9-4-5-15-7-9)8-2-1-3-10(14)6-8/h1-7,15H,14H2. The number of H-pyrrole nitrogens is 1. The van der Waals surface area contributed by atoms with E-state index in [1.807, 2.05) is 0 Å². The summed E-state index contributed by atoms with van der Waals surface area (Å²) in [5.41, 5.74) is 5.65. The molecule has 4 heteroatoms. The first-order valence-electron chi connectivity index (χ1n) is 4.48. The number of nitrogens with one attached hydrogen (secondary N) is 1. The van der Waals surface area contributed by atoms with Crippen molar-refractivity contribution in [1.82, 2.24) is 4.98 Å². The molecule has 0 fully saturated rings. The fraction of sp³-hybridized carbons (Fsp3) is 0.0909. The van der Waals surface area contributed by atoms with Crippen LogP contribution in [0.3, 0.4) is 0 Å². The van der Waals surface area contributed by atoms with Crippen molar-refractivity contribution in [2.24, 2.45) is 0 Å². The van der Waals surface area contributed by atoms with E-state index in [1.54, 1.807) is 6.07 Å². The van der Waals surface area contributed by atoms with Gasteiger partial charge < -0.3 is 10.7 Å². The van der Waals surface area contributed by atoms with E-state index in [2.05, 4.69) is 4.98 Å². The Morgan fingerprint density at radius 3 is 2.53 bits per heavy atom. The molecule has 2 nitrogen and oxygen atoms in total. The molecule has 15 heavy (non-hydrogen) atoms. The molecule has 0 aliphatic heterocycles. The van der Waals surface area contributed by atoms with Gasteiger partial charge in [-0.2, -0.15) is 8.78 Å². The number of nitrogens with two attached hydrogens (primary N) is 1. The second-order valence-corrected chi connectivity index (χ2v) is 3.30. The van der Waals surface area contributed by atoms with E-state index in [4.69, 9.17) is 5.73 Å². The average molecular weight is 208 g/mol. The monoisotopic (exact) mass is 208 g/mol. The van der Waals surface area contributed by atoms with Crippen molar-refractivity contribution in [3.8, 4) is 0 Å². The number of aromatic nitrogens is 1. The molecule has 0 atom stereocenters. The lowest BCUT2D eigenvalue weighted by atomic mass is 10.0. The summed E-state index contributed by atoms with van der Waals surface area (Å²) >= 11 is 0. The predicted octanol–water partition coefficient (Wildman–Crippen LogP) is 2.74. The number of hydrogen-bond acceptors (Lipinski definition) is 1. The van der Waals surface area contributed by atoms with Gasteiger partial charge in [-0.05, 0) is 18.2 Å². The van der Waals surface area contributed by atoms with Crippen LogP contribution in [0.15, 0.2) is 42.7 Å². The minimum Gasteiger partial charge on any atom is -0.399 e. The smallest absolute Gasteiger partial charge is 0.299 e. The van der Waals surface area contributed by atoms with Gasteiger partial charge in [-0.25, -0.2) is 0 Å². The van der Waals surface area contributed by atoms with E-state index < -0.39 is 5.92 Å². The number of anilines is 1. The zero-order chi connectivity index (χ0) is 10.9. The Morgan fingerprint density at radius 2 is 1.93 bits per heavy atom. The van der Waals surface area contributed by atoms with Crippen LogP contribution in [-0.2, 0) is 5.92 Å². The quantitative estimate of drug-likeness (QED) is 0.732. The summed E-state index contributed by atoms with van der Waals surface area (Å²) in [6, 6.07) is 7.10. The highest BCUT2D eigenvalue weighted by Gasteiger charge is 2.34. The minimum atomic E-state index is -3.00. The van der Waals surface area contributed by atoms with Crippen LogP contribution in [-0.4, -0.2) is 4.98 Å². The first kappa shape index (κ1) is 9.71. The lowest BCUT2D eigenvalue weighted by Gasteiger charge is -2.15. The Labute approximate surface area is 85.7 Å². The van der Waals surface area contributed by atoms with Crippen molar-refractivity contribution in [3.05, 3.63) is 53.9 Å². The largest absolute Gasteiger partial charge is 0.399 e. The van der Waals surface area contributed by atoms with Crippen LogP contribution in [0.5, 0.6) is 0 Å². The van der Waals surface area contributed by atoms with Crippen molar-refractivity contribution in [1.29, 1.82) is 0 Å². The number of halogens is 2. The molecule has 0 radical (unpaired) electrons. The van der Waals surface area contributed by atoms with Gasteiger partial charge >= 0.3 is 0 Å². The maximum Gasteiger partial charge on any atom is 0.299 e. The maximum absolute atomic E-state index is 13.8. The van der Waals surface area contributed by atoms with Crippen LogP contribution in [0.1, 0.15) is 11.1 Å². The summed E-state index contributed by atoms with van der Waals surface area (Å²) in [6.07, 6.45) is 2.75. The van der Waals surface area contributed by atoms with Crippen LogP contribution >= 0.6 is 0 Å². The second kappa shape index (κ2) is 3.38. The summed E-state index contributed by atoms with van der Waals surface area (Å²) in [5, 5.41) is 0. The Hall–Kier alpha value is -1.84. The van der Waals surface area contributed by atoms with Gasteiger partial charge in [0.25, 0.3) is 5.92 Å². The lowest BCUT2D eigenvalue weighted by molar-refractivity contribution is 0.0430. The third-order valence-corrected chi connectivity index (χ3v) is 2.21. The van der Waals surface area contributed by atoms with E-state index in [-0.39, 0.29) is 11.1 Å². The van der Waals surface area contributed by atoms with Crippen LogP contribution in [0, 0.1) is 0 Å². The number of hydrogen-bond donors (Lipinski definition) is 2. The molecule has 0 aliphatic carbocycles. The molecule has 1 aromatic carbocycles. The summed E-state index contributed by atoms with van der Waals surface area (Å²) in [7, 11) is 0. The summed E-state index contributed by atoms with van der Waals surface area (Å²) in [6.45, 7) is 0. The number of rotatable bonds is 2. The summed E-state index contributed by atoms with van der Waals surface area (Å²) in [5.74, 6) is -3.00. The maximum atomic E-state index is 13.8. The van der Waals surface area contributed by atoms with Gasteiger partial charge in [-0.1, -0.05) is 12.1 Å². The first-order valence-corrected chi connectivity index (χ1v) is 4.48.